The fourth-order valence-electron chi connectivity index (χ4n) is 0.853. The number of hydrogen-bond acceptors (Lipinski definition) is 5. The van der Waals surface area contributed by atoms with Gasteiger partial charge in [-0.1, -0.05) is 6.08 Å². The van der Waals surface area contributed by atoms with Gasteiger partial charge in [-0.15, -0.1) is 6.58 Å². The topological polar surface area (TPSA) is 79.2 Å². The zero-order valence-electron chi connectivity index (χ0n) is 10.3. The third kappa shape index (κ3) is 11.6. The Morgan fingerprint density at radius 2 is 1.75 bits per heavy atom. The van der Waals surface area contributed by atoms with Gasteiger partial charge in [0.1, 0.15) is 6.10 Å². The molecule has 0 aromatic rings. The molecule has 0 radical (unpaired) electrons. The lowest BCUT2D eigenvalue weighted by Crippen LogP contribution is -2.22. The van der Waals surface area contributed by atoms with Gasteiger partial charge in [0.2, 0.25) is 0 Å². The molecule has 1 heterocycles. The van der Waals surface area contributed by atoms with E-state index in [1.165, 1.54) is 0 Å². The van der Waals surface area contributed by atoms with E-state index in [9.17, 15) is 0 Å². The summed E-state index contributed by atoms with van der Waals surface area (Å²) in [4.78, 5) is 0. The minimum atomic E-state index is -0.493. The molecule has 0 saturated carbocycles. The van der Waals surface area contributed by atoms with Crippen molar-refractivity contribution in [2.75, 3.05) is 26.4 Å². The first-order chi connectivity index (χ1) is 7.47. The van der Waals surface area contributed by atoms with Crippen LogP contribution in [0.2, 0.25) is 0 Å². The zero-order chi connectivity index (χ0) is 13.0. The second kappa shape index (κ2) is 11.0. The van der Waals surface area contributed by atoms with E-state index in [0.29, 0.717) is 6.61 Å². The highest BCUT2D eigenvalue weighted by atomic mass is 16.7. The van der Waals surface area contributed by atoms with Crippen molar-refractivity contribution in [1.82, 2.24) is 0 Å². The molecule has 98 valence electrons. The molecule has 1 rings (SSSR count). The predicted octanol–water partition coefficient (Wildman–Crippen LogP) is 0.294. The Bertz CT molecular complexity index is 156. The molecule has 1 unspecified atom stereocenters. The first-order valence-electron chi connectivity index (χ1n) is 5.18. The third-order valence-corrected chi connectivity index (χ3v) is 1.37. The largest absolute Gasteiger partial charge is 0.394 e. The number of hydrogen-bond donors (Lipinski definition) is 3. The van der Waals surface area contributed by atoms with Crippen LogP contribution in [0.15, 0.2) is 12.7 Å². The van der Waals surface area contributed by atoms with Gasteiger partial charge in [0.15, 0.2) is 5.79 Å². The third-order valence-electron chi connectivity index (χ3n) is 1.37. The maximum atomic E-state index is 8.59. The molecule has 3 N–H and O–H groups in total. The summed E-state index contributed by atoms with van der Waals surface area (Å²) in [7, 11) is 0. The quantitative estimate of drug-likeness (QED) is 0.601. The minimum Gasteiger partial charge on any atom is -0.394 e. The standard InChI is InChI=1S/C6H12O3.C3H6.C2H6O2/c1-6(2)8-4-5(3-7)9-6;1-3-2;3-1-2-4/h5,7H,3-4H2,1-2H3;3H,1H2,2H3;3-4H,1-2H2. The van der Waals surface area contributed by atoms with Crippen LogP contribution in [0.3, 0.4) is 0 Å². The fraction of sp³-hybridized carbons (Fsp3) is 0.818. The summed E-state index contributed by atoms with van der Waals surface area (Å²) in [6.07, 6.45) is 1.62. The Morgan fingerprint density at radius 1 is 1.31 bits per heavy atom. The van der Waals surface area contributed by atoms with Crippen LogP contribution >= 0.6 is 0 Å². The lowest BCUT2D eigenvalue weighted by Gasteiger charge is -2.15. The van der Waals surface area contributed by atoms with Gasteiger partial charge in [0.25, 0.3) is 0 Å². The molecule has 0 aliphatic carbocycles. The highest BCUT2D eigenvalue weighted by Crippen LogP contribution is 2.21. The summed E-state index contributed by atoms with van der Waals surface area (Å²) in [6.45, 7) is 9.22. The van der Waals surface area contributed by atoms with Crippen molar-refractivity contribution >= 4 is 0 Å². The minimum absolute atomic E-state index is 0.0451. The van der Waals surface area contributed by atoms with Gasteiger partial charge in [-0.3, -0.25) is 0 Å². The summed E-state index contributed by atoms with van der Waals surface area (Å²) in [5.41, 5.74) is 0. The smallest absolute Gasteiger partial charge is 0.163 e. The summed E-state index contributed by atoms with van der Waals surface area (Å²) in [5, 5.41) is 23.8. The molecule has 0 spiro atoms. The lowest BCUT2D eigenvalue weighted by atomic mass is 10.4. The molecule has 0 bridgehead atoms. The van der Waals surface area contributed by atoms with Gasteiger partial charge in [0, 0.05) is 0 Å². The van der Waals surface area contributed by atoms with E-state index in [2.05, 4.69) is 6.58 Å². The van der Waals surface area contributed by atoms with Crippen molar-refractivity contribution in [3.05, 3.63) is 12.7 Å². The van der Waals surface area contributed by atoms with E-state index in [1.807, 2.05) is 20.8 Å². The van der Waals surface area contributed by atoms with Gasteiger partial charge in [0.05, 0.1) is 26.4 Å². The second-order valence-corrected chi connectivity index (χ2v) is 3.49. The van der Waals surface area contributed by atoms with Gasteiger partial charge in [-0.25, -0.2) is 0 Å². The monoisotopic (exact) mass is 236 g/mol. The predicted molar refractivity (Wildman–Crippen MR) is 62.0 cm³/mol. The van der Waals surface area contributed by atoms with Crippen molar-refractivity contribution < 1.29 is 24.8 Å². The van der Waals surface area contributed by atoms with Crippen molar-refractivity contribution in [3.8, 4) is 0 Å². The van der Waals surface area contributed by atoms with E-state index >= 15 is 0 Å². The van der Waals surface area contributed by atoms with E-state index in [1.54, 1.807) is 6.08 Å². The van der Waals surface area contributed by atoms with Crippen molar-refractivity contribution in [1.29, 1.82) is 0 Å². The lowest BCUT2D eigenvalue weighted by molar-refractivity contribution is -0.142. The maximum Gasteiger partial charge on any atom is 0.163 e. The van der Waals surface area contributed by atoms with Crippen LogP contribution in [0.25, 0.3) is 0 Å². The Hall–Kier alpha value is -0.460. The molecule has 16 heavy (non-hydrogen) atoms. The zero-order valence-corrected chi connectivity index (χ0v) is 10.3. The van der Waals surface area contributed by atoms with Crippen LogP contribution in [0, 0.1) is 0 Å². The van der Waals surface area contributed by atoms with E-state index in [4.69, 9.17) is 24.8 Å². The molecular formula is C11H24O5. The fourth-order valence-corrected chi connectivity index (χ4v) is 0.853. The number of aliphatic hydroxyl groups is 3. The normalized spacial score (nSPS) is 21.2. The summed E-state index contributed by atoms with van der Waals surface area (Å²) >= 11 is 0. The molecule has 1 aliphatic heterocycles. The highest BCUT2D eigenvalue weighted by Gasteiger charge is 2.31. The van der Waals surface area contributed by atoms with Gasteiger partial charge in [-0.05, 0) is 20.8 Å². The SMILES string of the molecule is C=CC.CC1(C)OCC(CO)O1.OCCO. The van der Waals surface area contributed by atoms with Crippen LogP contribution in [0.5, 0.6) is 0 Å². The average molecular weight is 236 g/mol. The van der Waals surface area contributed by atoms with Gasteiger partial charge >= 0.3 is 0 Å². The maximum absolute atomic E-state index is 8.59. The number of aliphatic hydroxyl groups excluding tert-OH is 3. The van der Waals surface area contributed by atoms with Gasteiger partial charge in [-0.2, -0.15) is 0 Å². The Kier molecular flexibility index (Phi) is 12.4. The van der Waals surface area contributed by atoms with Crippen molar-refractivity contribution in [2.24, 2.45) is 0 Å². The highest BCUT2D eigenvalue weighted by molar-refractivity contribution is 4.69. The van der Waals surface area contributed by atoms with E-state index in [-0.39, 0.29) is 25.9 Å². The molecule has 5 heteroatoms. The molecular weight excluding hydrogens is 212 g/mol. The Balaban J connectivity index is 0. The molecule has 1 fully saturated rings. The molecule has 0 amide bonds. The molecule has 1 saturated heterocycles. The van der Waals surface area contributed by atoms with Gasteiger partial charge < -0.3 is 24.8 Å². The summed E-state index contributed by atoms with van der Waals surface area (Å²) in [6, 6.07) is 0. The molecule has 0 aromatic carbocycles. The molecule has 1 atom stereocenters. The van der Waals surface area contributed by atoms with Crippen LogP contribution < -0.4 is 0 Å². The first-order valence-corrected chi connectivity index (χ1v) is 5.18. The molecule has 1 aliphatic rings. The summed E-state index contributed by atoms with van der Waals surface area (Å²) in [5.74, 6) is -0.493. The molecule has 5 nitrogen and oxygen atoms in total. The number of rotatable bonds is 2. The Labute approximate surface area is 97.3 Å². The Morgan fingerprint density at radius 3 is 1.88 bits per heavy atom. The van der Waals surface area contributed by atoms with Crippen LogP contribution in [-0.2, 0) is 9.47 Å². The number of ether oxygens (including phenoxy) is 2. The van der Waals surface area contributed by atoms with Crippen LogP contribution in [0.1, 0.15) is 20.8 Å². The second-order valence-electron chi connectivity index (χ2n) is 3.49. The van der Waals surface area contributed by atoms with Crippen molar-refractivity contribution in [2.45, 2.75) is 32.7 Å². The first kappa shape index (κ1) is 17.9. The molecule has 0 aromatic heterocycles. The summed E-state index contributed by atoms with van der Waals surface area (Å²) < 4.78 is 10.4. The van der Waals surface area contributed by atoms with Crippen LogP contribution in [-0.4, -0.2) is 53.6 Å². The average Bonchev–Trinajstić information content (AvgIpc) is 2.60. The van der Waals surface area contributed by atoms with E-state index in [0.717, 1.165) is 0 Å². The van der Waals surface area contributed by atoms with E-state index < -0.39 is 5.79 Å². The number of allylic oxidation sites excluding steroid dienone is 1. The van der Waals surface area contributed by atoms with Crippen molar-refractivity contribution in [3.63, 3.8) is 0 Å². The van der Waals surface area contributed by atoms with Crippen LogP contribution in [0.4, 0.5) is 0 Å².